The molecule has 70 heavy (non-hydrogen) atoms. The summed E-state index contributed by atoms with van der Waals surface area (Å²) in [4.78, 5) is 36.4. The number of fused-ring (bicyclic) bond motifs is 4. The van der Waals surface area contributed by atoms with E-state index in [0.29, 0.717) is 11.1 Å². The molecule has 10 nitrogen and oxygen atoms in total. The quantitative estimate of drug-likeness (QED) is 0.0790. The molecule has 3 aliphatic rings. The van der Waals surface area contributed by atoms with E-state index in [4.69, 9.17) is 28.5 Å². The molecule has 0 bridgehead atoms. The van der Waals surface area contributed by atoms with E-state index in [-0.39, 0.29) is 32.7 Å². The van der Waals surface area contributed by atoms with E-state index in [9.17, 15) is 9.59 Å². The maximum Gasteiger partial charge on any atom is 0.338 e. The van der Waals surface area contributed by atoms with Gasteiger partial charge in [-0.15, -0.1) is 0 Å². The van der Waals surface area contributed by atoms with Crippen molar-refractivity contribution in [3.63, 3.8) is 0 Å². The standard InChI is InChI=1S/C26H25Br2NO3.C26H24Br2NO3.C2H4O2.2CH4/c2*1-5-29(6-2)22-14-24-19(13-21(22)28)25(16-9-7-8-10-17(16)26(30)31-4)18-12-20(27)15(3)11-23(18)32-24;1-2(3)4;;/h7-14,25H,5-6H2,1-4H3;7-14H,5-6H2,1-4H3;1H3,(H,3,4);2*1H4/q;+1;;;/p-1. The molecule has 5 aromatic rings. The van der Waals surface area contributed by atoms with Crippen LogP contribution in [0.2, 0.25) is 0 Å². The first kappa shape index (κ1) is 57.3. The summed E-state index contributed by atoms with van der Waals surface area (Å²) in [6.07, 6.45) is 0. The van der Waals surface area contributed by atoms with E-state index < -0.39 is 5.97 Å². The number of carbonyl (C=O) groups is 3. The molecule has 0 amide bonds. The number of carbonyl (C=O) groups excluding carboxylic acids is 3. The second-order valence-corrected chi connectivity index (χ2v) is 19.3. The van der Waals surface area contributed by atoms with E-state index >= 15 is 0 Å². The third kappa shape index (κ3) is 12.1. The highest BCUT2D eigenvalue weighted by atomic mass is 79.9. The molecule has 2 heterocycles. The second kappa shape index (κ2) is 25.2. The van der Waals surface area contributed by atoms with Gasteiger partial charge in [0.1, 0.15) is 35.9 Å². The van der Waals surface area contributed by atoms with Crippen LogP contribution >= 0.6 is 63.7 Å². The van der Waals surface area contributed by atoms with Gasteiger partial charge < -0.3 is 33.4 Å². The van der Waals surface area contributed by atoms with E-state index in [1.165, 1.54) is 14.2 Å². The lowest BCUT2D eigenvalue weighted by atomic mass is 9.80. The molecular weight excluding hydrogens is 1150 g/mol. The minimum atomic E-state index is -1.08. The Labute approximate surface area is 445 Å². The molecule has 0 saturated heterocycles. The third-order valence-corrected chi connectivity index (χ3v) is 14.7. The molecule has 0 saturated carbocycles. The van der Waals surface area contributed by atoms with Crippen molar-refractivity contribution in [1.82, 2.24) is 4.58 Å². The van der Waals surface area contributed by atoms with Gasteiger partial charge in [0.2, 0.25) is 5.36 Å². The van der Waals surface area contributed by atoms with Crippen molar-refractivity contribution in [2.24, 2.45) is 0 Å². The zero-order valence-corrected chi connectivity index (χ0v) is 45.7. The lowest BCUT2D eigenvalue weighted by Gasteiger charge is -2.32. The zero-order valence-electron chi connectivity index (χ0n) is 39.3. The summed E-state index contributed by atoms with van der Waals surface area (Å²) < 4.78 is 29.3. The normalized spacial score (nSPS) is 12.0. The van der Waals surface area contributed by atoms with Gasteiger partial charge in [-0.25, -0.2) is 14.2 Å². The van der Waals surface area contributed by atoms with Crippen LogP contribution in [0, 0.1) is 13.8 Å². The molecule has 0 N–H and O–H groups in total. The molecule has 1 atom stereocenters. The van der Waals surface area contributed by atoms with Gasteiger partial charge in [0.25, 0.3) is 0 Å². The third-order valence-electron chi connectivity index (χ3n) is 11.8. The van der Waals surface area contributed by atoms with Gasteiger partial charge >= 0.3 is 11.9 Å². The number of hydrogen-bond donors (Lipinski definition) is 0. The molecule has 0 fully saturated rings. The van der Waals surface area contributed by atoms with Gasteiger partial charge in [0.15, 0.2) is 0 Å². The van der Waals surface area contributed by atoms with Crippen molar-refractivity contribution in [2.45, 2.75) is 69.2 Å². The average molecular weight is 1210 g/mol. The van der Waals surface area contributed by atoms with Crippen LogP contribution in [0.4, 0.5) is 5.69 Å². The first-order valence-corrected chi connectivity index (χ1v) is 25.2. The lowest BCUT2D eigenvalue weighted by molar-refractivity contribution is -0.302. The van der Waals surface area contributed by atoms with Crippen molar-refractivity contribution < 1.29 is 38.1 Å². The molecule has 0 spiro atoms. The fourth-order valence-electron chi connectivity index (χ4n) is 8.44. The number of aryl methyl sites for hydroxylation is 2. The number of carboxylic acid groups (broad SMARTS) is 1. The molecule has 8 rings (SSSR count). The van der Waals surface area contributed by atoms with Crippen LogP contribution in [0.5, 0.6) is 11.5 Å². The number of rotatable bonds is 9. The van der Waals surface area contributed by atoms with Gasteiger partial charge in [0, 0.05) is 72.1 Å². The Morgan fingerprint density at radius 3 is 1.79 bits per heavy atom. The summed E-state index contributed by atoms with van der Waals surface area (Å²) in [6.45, 7) is 17.2. The number of carboxylic acids is 1. The minimum absolute atomic E-state index is 0. The molecule has 1 unspecified atom stereocenters. The van der Waals surface area contributed by atoms with Crippen molar-refractivity contribution >= 4 is 98.3 Å². The predicted octanol–water partition coefficient (Wildman–Crippen LogP) is 14.1. The van der Waals surface area contributed by atoms with Crippen LogP contribution in [0.1, 0.15) is 104 Å². The molecular formula is C56H60Br4N2O8. The monoisotopic (exact) mass is 1200 g/mol. The van der Waals surface area contributed by atoms with Crippen LogP contribution < -0.4 is 24.7 Å². The highest BCUT2D eigenvalue weighted by Gasteiger charge is 2.34. The number of anilines is 1. The Hall–Kier alpha value is -5.28. The fraction of sp³-hybridized carbons (Fsp3) is 0.286. The van der Waals surface area contributed by atoms with E-state index in [2.05, 4.69) is 143 Å². The molecule has 0 radical (unpaired) electrons. The molecule has 2 aliphatic heterocycles. The first-order chi connectivity index (χ1) is 32.5. The van der Waals surface area contributed by atoms with Gasteiger partial charge in [-0.1, -0.05) is 83.1 Å². The molecule has 14 heteroatoms. The van der Waals surface area contributed by atoms with Crippen LogP contribution in [0.25, 0.3) is 33.4 Å². The fourth-order valence-corrected chi connectivity index (χ4v) is 10.3. The lowest BCUT2D eigenvalue weighted by Crippen LogP contribution is -2.30. The number of benzene rings is 6. The highest BCUT2D eigenvalue weighted by molar-refractivity contribution is 9.11. The van der Waals surface area contributed by atoms with Gasteiger partial charge in [-0.2, -0.15) is 0 Å². The summed E-state index contributed by atoms with van der Waals surface area (Å²) >= 11 is 14.9. The summed E-state index contributed by atoms with van der Waals surface area (Å²) in [5.41, 5.74) is 10.7. The Morgan fingerprint density at radius 2 is 1.19 bits per heavy atom. The topological polar surface area (TPSA) is 121 Å². The van der Waals surface area contributed by atoms with E-state index in [1.54, 1.807) is 6.07 Å². The largest absolute Gasteiger partial charge is 0.550 e. The van der Waals surface area contributed by atoms with Crippen molar-refractivity contribution in [3.05, 3.63) is 159 Å². The van der Waals surface area contributed by atoms with Gasteiger partial charge in [-0.3, -0.25) is 0 Å². The summed E-state index contributed by atoms with van der Waals surface area (Å²) in [5, 5.41) is 10.9. The van der Waals surface area contributed by atoms with Crippen molar-refractivity contribution in [1.29, 1.82) is 0 Å². The Morgan fingerprint density at radius 1 is 0.657 bits per heavy atom. The smallest absolute Gasteiger partial charge is 0.338 e. The maximum atomic E-state index is 12.6. The van der Waals surface area contributed by atoms with E-state index in [1.807, 2.05) is 62.4 Å². The molecule has 5 aromatic carbocycles. The first-order valence-electron chi connectivity index (χ1n) is 22.0. The second-order valence-electron chi connectivity index (χ2n) is 15.8. The highest BCUT2D eigenvalue weighted by Crippen LogP contribution is 2.52. The van der Waals surface area contributed by atoms with Gasteiger partial charge in [0.05, 0.1) is 41.6 Å². The number of nitrogens with zero attached hydrogens (tertiary/aromatic N) is 2. The average Bonchev–Trinajstić information content (AvgIpc) is 3.32. The summed E-state index contributed by atoms with van der Waals surface area (Å²) in [5.74, 6) is 0.388. The van der Waals surface area contributed by atoms with Crippen LogP contribution in [-0.2, 0) is 14.3 Å². The predicted molar refractivity (Wildman–Crippen MR) is 296 cm³/mol. The Balaban J connectivity index is 0.000000276. The summed E-state index contributed by atoms with van der Waals surface area (Å²) in [6, 6.07) is 31.8. The van der Waals surface area contributed by atoms with Crippen molar-refractivity contribution in [3.8, 4) is 33.9 Å². The van der Waals surface area contributed by atoms with Gasteiger partial charge in [-0.05, 0) is 151 Å². The number of aliphatic carboxylic acids is 1. The van der Waals surface area contributed by atoms with Crippen molar-refractivity contribution in [2.75, 3.05) is 45.3 Å². The van der Waals surface area contributed by atoms with Crippen LogP contribution in [0.3, 0.4) is 0 Å². The number of methoxy groups -OCH3 is 2. The molecule has 370 valence electrons. The number of esters is 2. The van der Waals surface area contributed by atoms with E-state index in [0.717, 1.165) is 135 Å². The number of hydrogen-bond acceptors (Lipinski definition) is 9. The minimum Gasteiger partial charge on any atom is -0.550 e. The number of halogens is 4. The zero-order chi connectivity index (χ0) is 49.6. The van der Waals surface area contributed by atoms with Crippen LogP contribution in [-0.4, -0.2) is 58.3 Å². The molecule has 1 aliphatic carbocycles. The number of ether oxygens (including phenoxy) is 3. The maximum absolute atomic E-state index is 12.6. The van der Waals surface area contributed by atoms with Crippen LogP contribution in [0.15, 0.2) is 119 Å². The SMILES string of the molecule is C.C.CC(=O)[O-].CCN(CC)c1cc2c(cc1Br)C(c1ccccc1C(=O)OC)c1cc(Br)c(C)cc1O2.CC[N+](CC)=c1cc2oc3cc(C)c(Br)cc3c(-c3ccccc3C(=O)OC)c-2cc1Br. The Kier molecular flexibility index (Phi) is 20.6. The Bertz CT molecular complexity index is 3080. The summed E-state index contributed by atoms with van der Waals surface area (Å²) in [7, 11) is 2.82. The molecule has 0 aromatic heterocycles.